The fourth-order valence-electron chi connectivity index (χ4n) is 1.89. The summed E-state index contributed by atoms with van der Waals surface area (Å²) in [6.45, 7) is 12.5. The van der Waals surface area contributed by atoms with Gasteiger partial charge in [0.1, 0.15) is 0 Å². The van der Waals surface area contributed by atoms with Crippen LogP contribution in [0.4, 0.5) is 0 Å². The molecule has 94 valence electrons. The predicted octanol–water partition coefficient (Wildman–Crippen LogP) is 3.91. The minimum atomic E-state index is -0.267. The normalized spacial score (nSPS) is 22.9. The summed E-state index contributed by atoms with van der Waals surface area (Å²) >= 11 is 0. The first-order valence-electron chi connectivity index (χ1n) is 6.16. The highest BCUT2D eigenvalue weighted by Crippen LogP contribution is 2.44. The number of aryl methyl sites for hydroxylation is 2. The molecule has 0 amide bonds. The van der Waals surface area contributed by atoms with Crippen molar-refractivity contribution < 1.29 is 9.47 Å². The molecule has 1 heterocycles. The van der Waals surface area contributed by atoms with E-state index in [9.17, 15) is 0 Å². The first kappa shape index (κ1) is 12.6. The molecule has 0 radical (unpaired) electrons. The van der Waals surface area contributed by atoms with Gasteiger partial charge in [-0.15, -0.1) is 0 Å². The van der Waals surface area contributed by atoms with Crippen LogP contribution in [0.25, 0.3) is 0 Å². The van der Waals surface area contributed by atoms with Crippen molar-refractivity contribution in [2.24, 2.45) is 0 Å². The largest absolute Gasteiger partial charge is 0.339 e. The average molecular weight is 234 g/mol. The Labute approximate surface area is 104 Å². The second kappa shape index (κ2) is 3.82. The summed E-state index contributed by atoms with van der Waals surface area (Å²) in [7, 11) is 0. The first-order valence-corrected chi connectivity index (χ1v) is 6.16. The monoisotopic (exact) mass is 234 g/mol. The Kier molecular flexibility index (Phi) is 2.83. The molecular formula is C15H22O2. The molecule has 0 atom stereocenters. The summed E-state index contributed by atoms with van der Waals surface area (Å²) in [5, 5.41) is 0. The Morgan fingerprint density at radius 2 is 1.41 bits per heavy atom. The Hall–Kier alpha value is -0.860. The van der Waals surface area contributed by atoms with Crippen LogP contribution in [0.5, 0.6) is 0 Å². The molecule has 2 heteroatoms. The molecule has 0 aromatic heterocycles. The maximum absolute atomic E-state index is 6.02. The summed E-state index contributed by atoms with van der Waals surface area (Å²) in [6.07, 6.45) is -0.251. The number of hydrogen-bond donors (Lipinski definition) is 0. The molecule has 0 aliphatic carbocycles. The van der Waals surface area contributed by atoms with Gasteiger partial charge in [0, 0.05) is 5.56 Å². The third-order valence-corrected chi connectivity index (χ3v) is 4.06. The van der Waals surface area contributed by atoms with Crippen LogP contribution >= 0.6 is 0 Å². The zero-order valence-electron chi connectivity index (χ0n) is 11.6. The van der Waals surface area contributed by atoms with E-state index in [1.165, 1.54) is 11.1 Å². The van der Waals surface area contributed by atoms with E-state index in [0.29, 0.717) is 0 Å². The lowest BCUT2D eigenvalue weighted by atomic mass is 9.90. The molecule has 0 N–H and O–H groups in total. The lowest BCUT2D eigenvalue weighted by Gasteiger charge is -2.30. The van der Waals surface area contributed by atoms with Gasteiger partial charge in [0.15, 0.2) is 6.29 Å². The third-order valence-electron chi connectivity index (χ3n) is 4.06. The van der Waals surface area contributed by atoms with E-state index < -0.39 is 0 Å². The molecule has 2 rings (SSSR count). The minimum absolute atomic E-state index is 0.251. The van der Waals surface area contributed by atoms with Crippen molar-refractivity contribution in [1.29, 1.82) is 0 Å². The third kappa shape index (κ3) is 2.12. The van der Waals surface area contributed by atoms with Gasteiger partial charge < -0.3 is 9.47 Å². The molecule has 1 fully saturated rings. The highest BCUT2D eigenvalue weighted by molar-refractivity contribution is 5.31. The van der Waals surface area contributed by atoms with Crippen LogP contribution in [0.2, 0.25) is 0 Å². The Morgan fingerprint density at radius 3 is 1.88 bits per heavy atom. The molecule has 0 spiro atoms. The van der Waals surface area contributed by atoms with Gasteiger partial charge in [0.05, 0.1) is 11.2 Å². The number of rotatable bonds is 1. The molecule has 1 aromatic carbocycles. The van der Waals surface area contributed by atoms with Gasteiger partial charge in [0.2, 0.25) is 0 Å². The van der Waals surface area contributed by atoms with Crippen molar-refractivity contribution in [3.05, 3.63) is 34.9 Å². The molecule has 17 heavy (non-hydrogen) atoms. The average Bonchev–Trinajstić information content (AvgIpc) is 2.41. The Balaban J connectivity index is 2.29. The lowest BCUT2D eigenvalue weighted by molar-refractivity contribution is -0.0896. The highest BCUT2D eigenvalue weighted by atomic mass is 16.7. The van der Waals surface area contributed by atoms with Gasteiger partial charge >= 0.3 is 0 Å². The van der Waals surface area contributed by atoms with E-state index >= 15 is 0 Å². The van der Waals surface area contributed by atoms with E-state index in [1.54, 1.807) is 0 Å². The fourth-order valence-corrected chi connectivity index (χ4v) is 1.89. The molecule has 2 nitrogen and oxygen atoms in total. The Morgan fingerprint density at radius 1 is 0.882 bits per heavy atom. The van der Waals surface area contributed by atoms with E-state index in [1.807, 2.05) is 0 Å². The molecule has 1 saturated heterocycles. The van der Waals surface area contributed by atoms with Crippen molar-refractivity contribution in [2.45, 2.75) is 59.0 Å². The molecule has 0 unspecified atom stereocenters. The van der Waals surface area contributed by atoms with Crippen LogP contribution in [0.15, 0.2) is 18.2 Å². The Bertz CT molecular complexity index is 417. The quantitative estimate of drug-likeness (QED) is 0.733. The van der Waals surface area contributed by atoms with E-state index in [4.69, 9.17) is 9.47 Å². The molecule has 0 bridgehead atoms. The summed E-state index contributed by atoms with van der Waals surface area (Å²) < 4.78 is 12.0. The van der Waals surface area contributed by atoms with E-state index in [0.717, 1.165) is 5.56 Å². The van der Waals surface area contributed by atoms with Gasteiger partial charge in [-0.1, -0.05) is 18.2 Å². The maximum Gasteiger partial charge on any atom is 0.185 e. The molecule has 1 aliphatic heterocycles. The summed E-state index contributed by atoms with van der Waals surface area (Å²) in [6, 6.07) is 6.36. The van der Waals surface area contributed by atoms with E-state index in [-0.39, 0.29) is 17.5 Å². The molecular weight excluding hydrogens is 212 g/mol. The maximum atomic E-state index is 6.02. The van der Waals surface area contributed by atoms with Crippen LogP contribution in [0, 0.1) is 13.8 Å². The minimum Gasteiger partial charge on any atom is -0.339 e. The smallest absolute Gasteiger partial charge is 0.185 e. The van der Waals surface area contributed by atoms with Crippen molar-refractivity contribution in [2.75, 3.05) is 0 Å². The van der Waals surface area contributed by atoms with Crippen LogP contribution in [-0.2, 0) is 9.47 Å². The predicted molar refractivity (Wildman–Crippen MR) is 69.0 cm³/mol. The zero-order chi connectivity index (χ0) is 12.8. The SMILES string of the molecule is Cc1ccc(C2OC(C)(C)C(C)(C)O2)cc1C. The van der Waals surface area contributed by atoms with Gasteiger partial charge in [-0.3, -0.25) is 0 Å². The summed E-state index contributed by atoms with van der Waals surface area (Å²) in [5.74, 6) is 0. The lowest BCUT2D eigenvalue weighted by Crippen LogP contribution is -2.41. The summed E-state index contributed by atoms with van der Waals surface area (Å²) in [5.41, 5.74) is 3.14. The second-order valence-corrected chi connectivity index (χ2v) is 5.93. The first-order chi connectivity index (χ1) is 7.73. The van der Waals surface area contributed by atoms with Crippen molar-refractivity contribution in [1.82, 2.24) is 0 Å². The topological polar surface area (TPSA) is 18.5 Å². The highest BCUT2D eigenvalue weighted by Gasteiger charge is 2.49. The fraction of sp³-hybridized carbons (Fsp3) is 0.600. The molecule has 0 saturated carbocycles. The molecule has 1 aliphatic rings. The van der Waals surface area contributed by atoms with Crippen molar-refractivity contribution in [3.63, 3.8) is 0 Å². The standard InChI is InChI=1S/C15H22O2/c1-10-7-8-12(9-11(10)2)13-16-14(3,4)15(5,6)17-13/h7-9,13H,1-6H3. The van der Waals surface area contributed by atoms with Crippen LogP contribution in [0.3, 0.4) is 0 Å². The number of ether oxygens (including phenoxy) is 2. The van der Waals surface area contributed by atoms with Gasteiger partial charge in [0.25, 0.3) is 0 Å². The van der Waals surface area contributed by atoms with Gasteiger partial charge in [-0.2, -0.15) is 0 Å². The summed E-state index contributed by atoms with van der Waals surface area (Å²) in [4.78, 5) is 0. The van der Waals surface area contributed by atoms with Crippen molar-refractivity contribution in [3.8, 4) is 0 Å². The van der Waals surface area contributed by atoms with Crippen LogP contribution < -0.4 is 0 Å². The van der Waals surface area contributed by atoms with Crippen LogP contribution in [0.1, 0.15) is 50.7 Å². The second-order valence-electron chi connectivity index (χ2n) is 5.93. The zero-order valence-corrected chi connectivity index (χ0v) is 11.6. The van der Waals surface area contributed by atoms with Crippen LogP contribution in [-0.4, -0.2) is 11.2 Å². The number of benzene rings is 1. The van der Waals surface area contributed by atoms with E-state index in [2.05, 4.69) is 59.7 Å². The van der Waals surface area contributed by atoms with Gasteiger partial charge in [-0.05, 0) is 52.7 Å². The number of hydrogen-bond acceptors (Lipinski definition) is 2. The van der Waals surface area contributed by atoms with Crippen molar-refractivity contribution >= 4 is 0 Å². The molecule has 1 aromatic rings. The van der Waals surface area contributed by atoms with Gasteiger partial charge in [-0.25, -0.2) is 0 Å².